The summed E-state index contributed by atoms with van der Waals surface area (Å²) >= 11 is 6.07. The summed E-state index contributed by atoms with van der Waals surface area (Å²) in [7, 11) is 0. The molecule has 0 radical (unpaired) electrons. The van der Waals surface area contributed by atoms with Crippen LogP contribution in [0, 0.1) is 5.82 Å². The van der Waals surface area contributed by atoms with Crippen molar-refractivity contribution in [3.63, 3.8) is 0 Å². The van der Waals surface area contributed by atoms with Crippen molar-refractivity contribution < 1.29 is 18.7 Å². The van der Waals surface area contributed by atoms with Crippen molar-refractivity contribution in [1.29, 1.82) is 0 Å². The first-order valence-corrected chi connectivity index (χ1v) is 10.7. The highest BCUT2D eigenvalue weighted by Gasteiger charge is 2.12. The van der Waals surface area contributed by atoms with Gasteiger partial charge in [0.05, 0.1) is 23.4 Å². The number of H-pyrrole nitrogens is 1. The largest absolute Gasteiger partial charge is 0.490 e. The molecule has 4 aromatic rings. The van der Waals surface area contributed by atoms with Gasteiger partial charge in [0.25, 0.3) is 5.91 Å². The number of ether oxygens (including phenoxy) is 2. The third-order valence-corrected chi connectivity index (χ3v) is 5.27. The summed E-state index contributed by atoms with van der Waals surface area (Å²) < 4.78 is 25.4. The molecule has 6 nitrogen and oxygen atoms in total. The Bertz CT molecular complexity index is 1300. The minimum atomic E-state index is -0.435. The maximum Gasteiger partial charge on any atom is 0.273 e. The molecule has 0 saturated heterocycles. The number of nitrogens with zero attached hydrogens (tertiary/aromatic N) is 1. The predicted molar refractivity (Wildman–Crippen MR) is 127 cm³/mol. The molecular formula is C25H21ClFN3O3. The monoisotopic (exact) mass is 465 g/mol. The second kappa shape index (κ2) is 10.2. The van der Waals surface area contributed by atoms with Gasteiger partial charge in [-0.2, -0.15) is 5.10 Å². The molecule has 2 N–H and O–H groups in total. The summed E-state index contributed by atoms with van der Waals surface area (Å²) in [6.07, 6.45) is 3.16. The lowest BCUT2D eigenvalue weighted by Gasteiger charge is -2.13. The van der Waals surface area contributed by atoms with Crippen molar-refractivity contribution in [3.8, 4) is 11.5 Å². The molecule has 0 atom stereocenters. The number of amides is 1. The molecule has 8 heteroatoms. The lowest BCUT2D eigenvalue weighted by atomic mass is 10.2. The molecule has 1 heterocycles. The van der Waals surface area contributed by atoms with E-state index in [1.807, 2.05) is 31.2 Å². The van der Waals surface area contributed by atoms with Crippen LogP contribution < -0.4 is 14.9 Å². The summed E-state index contributed by atoms with van der Waals surface area (Å²) in [6.45, 7) is 2.22. The second-order valence-electron chi connectivity index (χ2n) is 7.08. The van der Waals surface area contributed by atoms with E-state index in [0.717, 1.165) is 10.9 Å². The van der Waals surface area contributed by atoms with Crippen LogP contribution in [0.15, 0.2) is 72.0 Å². The quantitative estimate of drug-likeness (QED) is 0.259. The number of benzene rings is 3. The normalized spacial score (nSPS) is 11.1. The Hall–Kier alpha value is -3.84. The average molecular weight is 466 g/mol. The molecule has 3 aromatic carbocycles. The summed E-state index contributed by atoms with van der Waals surface area (Å²) in [6, 6.07) is 17.2. The summed E-state index contributed by atoms with van der Waals surface area (Å²) in [5, 5.41) is 5.16. The molecule has 33 heavy (non-hydrogen) atoms. The van der Waals surface area contributed by atoms with E-state index in [4.69, 9.17) is 21.1 Å². The standard InChI is InChI=1S/C25H21ClFN3O3/c1-2-32-24-12-16(10-11-23(24)33-15-19-20(26)7-5-8-21(19)27)13-29-30-25(31)18-14-28-22-9-4-3-6-17(18)22/h3-14,28H,2,15H2,1H3,(H,30,31). The van der Waals surface area contributed by atoms with Gasteiger partial charge in [0, 0.05) is 22.7 Å². The number of halogens is 2. The number of nitrogens with one attached hydrogen (secondary N) is 2. The fourth-order valence-corrected chi connectivity index (χ4v) is 3.52. The van der Waals surface area contributed by atoms with Crippen LogP contribution in [0.4, 0.5) is 4.39 Å². The smallest absolute Gasteiger partial charge is 0.273 e. The number of rotatable bonds is 8. The van der Waals surface area contributed by atoms with Crippen LogP contribution in [0.3, 0.4) is 0 Å². The second-order valence-corrected chi connectivity index (χ2v) is 7.48. The number of hydrazone groups is 1. The van der Waals surface area contributed by atoms with E-state index >= 15 is 0 Å². The first kappa shape index (κ1) is 22.4. The van der Waals surface area contributed by atoms with E-state index in [0.29, 0.717) is 34.3 Å². The van der Waals surface area contributed by atoms with Crippen LogP contribution in [0.2, 0.25) is 5.02 Å². The molecule has 0 unspecified atom stereocenters. The Labute approximate surface area is 195 Å². The van der Waals surface area contributed by atoms with E-state index in [9.17, 15) is 9.18 Å². The van der Waals surface area contributed by atoms with Crippen molar-refractivity contribution >= 4 is 34.6 Å². The van der Waals surface area contributed by atoms with Gasteiger partial charge in [0.2, 0.25) is 0 Å². The lowest BCUT2D eigenvalue weighted by molar-refractivity contribution is 0.0957. The van der Waals surface area contributed by atoms with Crippen LogP contribution in [0.25, 0.3) is 10.9 Å². The number of fused-ring (bicyclic) bond motifs is 1. The fourth-order valence-electron chi connectivity index (χ4n) is 3.30. The average Bonchev–Trinajstić information content (AvgIpc) is 3.24. The maximum absolute atomic E-state index is 14.0. The molecule has 0 bridgehead atoms. The van der Waals surface area contributed by atoms with Crippen LogP contribution in [0.5, 0.6) is 11.5 Å². The van der Waals surface area contributed by atoms with Crippen molar-refractivity contribution in [1.82, 2.24) is 10.4 Å². The zero-order chi connectivity index (χ0) is 23.2. The number of aromatic amines is 1. The SMILES string of the molecule is CCOc1cc(C=NNC(=O)c2c[nH]c3ccccc23)ccc1OCc1c(F)cccc1Cl. The molecular weight excluding hydrogens is 445 g/mol. The first-order valence-electron chi connectivity index (χ1n) is 10.3. The van der Waals surface area contributed by atoms with E-state index in [1.165, 1.54) is 18.3 Å². The van der Waals surface area contributed by atoms with Gasteiger partial charge < -0.3 is 14.5 Å². The summed E-state index contributed by atoms with van der Waals surface area (Å²) in [5.74, 6) is 0.152. The van der Waals surface area contributed by atoms with E-state index in [2.05, 4.69) is 15.5 Å². The van der Waals surface area contributed by atoms with Gasteiger partial charge in [0.1, 0.15) is 12.4 Å². The molecule has 1 amide bonds. The summed E-state index contributed by atoms with van der Waals surface area (Å²) in [4.78, 5) is 15.5. The molecule has 4 rings (SSSR count). The van der Waals surface area contributed by atoms with Crippen LogP contribution in [-0.4, -0.2) is 23.7 Å². The van der Waals surface area contributed by atoms with Gasteiger partial charge in [-0.25, -0.2) is 9.82 Å². The number of aromatic nitrogens is 1. The van der Waals surface area contributed by atoms with E-state index < -0.39 is 5.82 Å². The molecule has 0 saturated carbocycles. The Balaban J connectivity index is 1.45. The van der Waals surface area contributed by atoms with Crippen LogP contribution in [0.1, 0.15) is 28.4 Å². The molecule has 0 fully saturated rings. The lowest BCUT2D eigenvalue weighted by Crippen LogP contribution is -2.17. The molecule has 168 valence electrons. The highest BCUT2D eigenvalue weighted by atomic mass is 35.5. The number of carbonyl (C=O) groups is 1. The topological polar surface area (TPSA) is 75.7 Å². The molecule has 0 aliphatic heterocycles. The van der Waals surface area contributed by atoms with Gasteiger partial charge in [-0.15, -0.1) is 0 Å². The fraction of sp³-hybridized carbons (Fsp3) is 0.120. The maximum atomic E-state index is 14.0. The predicted octanol–water partition coefficient (Wildman–Crippen LogP) is 5.70. The van der Waals surface area contributed by atoms with Crippen LogP contribution >= 0.6 is 11.6 Å². The van der Waals surface area contributed by atoms with Gasteiger partial charge in [-0.05, 0) is 48.9 Å². The van der Waals surface area contributed by atoms with Crippen molar-refractivity contribution in [3.05, 3.63) is 94.4 Å². The van der Waals surface area contributed by atoms with Gasteiger partial charge in [-0.1, -0.05) is 35.9 Å². The van der Waals surface area contributed by atoms with Gasteiger partial charge >= 0.3 is 0 Å². The zero-order valence-electron chi connectivity index (χ0n) is 17.8. The van der Waals surface area contributed by atoms with Gasteiger partial charge in [-0.3, -0.25) is 4.79 Å². The minimum Gasteiger partial charge on any atom is -0.490 e. The van der Waals surface area contributed by atoms with E-state index in [-0.39, 0.29) is 18.1 Å². The highest BCUT2D eigenvalue weighted by molar-refractivity contribution is 6.31. The Morgan fingerprint density at radius 1 is 1.12 bits per heavy atom. The van der Waals surface area contributed by atoms with Crippen molar-refractivity contribution in [2.45, 2.75) is 13.5 Å². The number of hydrogen-bond donors (Lipinski definition) is 2. The number of hydrogen-bond acceptors (Lipinski definition) is 4. The summed E-state index contributed by atoms with van der Waals surface area (Å²) in [5.41, 5.74) is 4.88. The molecule has 0 aliphatic rings. The first-order chi connectivity index (χ1) is 16.1. The third-order valence-electron chi connectivity index (χ3n) is 4.91. The van der Waals surface area contributed by atoms with Crippen molar-refractivity contribution in [2.75, 3.05) is 6.61 Å². The zero-order valence-corrected chi connectivity index (χ0v) is 18.5. The molecule has 0 spiro atoms. The Morgan fingerprint density at radius 2 is 1.97 bits per heavy atom. The Kier molecular flexibility index (Phi) is 6.90. The third kappa shape index (κ3) is 5.15. The van der Waals surface area contributed by atoms with Gasteiger partial charge in [0.15, 0.2) is 11.5 Å². The number of carbonyl (C=O) groups excluding carboxylic acids is 1. The van der Waals surface area contributed by atoms with Crippen LogP contribution in [-0.2, 0) is 6.61 Å². The highest BCUT2D eigenvalue weighted by Crippen LogP contribution is 2.30. The number of para-hydroxylation sites is 1. The molecule has 1 aromatic heterocycles. The van der Waals surface area contributed by atoms with E-state index in [1.54, 1.807) is 30.5 Å². The Morgan fingerprint density at radius 3 is 2.79 bits per heavy atom. The van der Waals surface area contributed by atoms with Crippen molar-refractivity contribution in [2.24, 2.45) is 5.10 Å². The molecule has 0 aliphatic carbocycles. The minimum absolute atomic E-state index is 0.0420.